The second kappa shape index (κ2) is 9.77. The minimum atomic E-state index is -2.70. The van der Waals surface area contributed by atoms with E-state index in [4.69, 9.17) is 4.52 Å². The van der Waals surface area contributed by atoms with Crippen LogP contribution in [-0.4, -0.2) is 12.4 Å². The topological polar surface area (TPSA) is 26.3 Å². The predicted molar refractivity (Wildman–Crippen MR) is 83.1 cm³/mol. The highest BCUT2D eigenvalue weighted by Gasteiger charge is 2.17. The number of hydrogen-bond acceptors (Lipinski definition) is 3. The van der Waals surface area contributed by atoms with Gasteiger partial charge in [-0.1, -0.05) is 57.7 Å². The molecule has 0 aromatic carbocycles. The second-order valence-electron chi connectivity index (χ2n) is 5.21. The normalized spacial score (nSPS) is 15.5. The molecule has 0 aliphatic carbocycles. The lowest BCUT2D eigenvalue weighted by Gasteiger charge is -2.13. The van der Waals surface area contributed by atoms with Crippen molar-refractivity contribution >= 4 is 29.4 Å². The van der Waals surface area contributed by atoms with Gasteiger partial charge in [-0.2, -0.15) is 0 Å². The van der Waals surface area contributed by atoms with Gasteiger partial charge < -0.3 is 4.52 Å². The smallest absolute Gasteiger partial charge is 0.310 e. The largest absolute Gasteiger partial charge is 0.314 e. The average molecular weight is 298 g/mol. The molecule has 0 amide bonds. The summed E-state index contributed by atoms with van der Waals surface area (Å²) >= 11 is 5.51. The van der Waals surface area contributed by atoms with Crippen LogP contribution in [0.2, 0.25) is 0 Å². The summed E-state index contributed by atoms with van der Waals surface area (Å²) in [6.45, 7) is 9.33. The van der Waals surface area contributed by atoms with E-state index in [1.807, 2.05) is 0 Å². The van der Waals surface area contributed by atoms with E-state index >= 15 is 0 Å². The first-order valence-electron chi connectivity index (χ1n) is 6.45. The molecule has 0 spiro atoms. The number of rotatable bonds is 10. The fourth-order valence-corrected chi connectivity index (χ4v) is 4.85. The van der Waals surface area contributed by atoms with Gasteiger partial charge in [0.1, 0.15) is 0 Å². The van der Waals surface area contributed by atoms with Crippen LogP contribution in [0.25, 0.3) is 0 Å². The Labute approximate surface area is 116 Å². The molecular formula is C12H27O2PS2. The van der Waals surface area contributed by atoms with Crippen LogP contribution in [0.5, 0.6) is 0 Å². The van der Waals surface area contributed by atoms with Crippen LogP contribution in [0.4, 0.5) is 0 Å². The molecule has 0 saturated heterocycles. The SMILES string of the molecule is CC(C)CCCOP(=O)(S)SCCCC(C)C. The monoisotopic (exact) mass is 298 g/mol. The molecule has 0 aromatic rings. The molecule has 0 rings (SSSR count). The van der Waals surface area contributed by atoms with Gasteiger partial charge in [0.05, 0.1) is 6.61 Å². The molecule has 5 heteroatoms. The van der Waals surface area contributed by atoms with Crippen LogP contribution in [0.1, 0.15) is 53.4 Å². The second-order valence-corrected chi connectivity index (χ2v) is 11.7. The van der Waals surface area contributed by atoms with Crippen molar-refractivity contribution in [1.82, 2.24) is 0 Å². The summed E-state index contributed by atoms with van der Waals surface area (Å²) in [4.78, 5) is 0. The van der Waals surface area contributed by atoms with Crippen molar-refractivity contribution in [1.29, 1.82) is 0 Å². The fourth-order valence-electron chi connectivity index (χ4n) is 1.38. The molecule has 104 valence electrons. The Kier molecular flexibility index (Phi) is 10.3. The molecule has 1 atom stereocenters. The van der Waals surface area contributed by atoms with Crippen molar-refractivity contribution in [2.75, 3.05) is 12.4 Å². The molecular weight excluding hydrogens is 271 g/mol. The maximum atomic E-state index is 11.9. The standard InChI is InChI=1S/C12H27O2PS2/c1-11(2)7-5-9-14-15(13,16)17-10-6-8-12(3)4/h11-12H,5-10H2,1-4H3,(H,13,16). The van der Waals surface area contributed by atoms with E-state index in [2.05, 4.69) is 39.9 Å². The summed E-state index contributed by atoms with van der Waals surface area (Å²) in [6.07, 6.45) is 4.34. The molecule has 0 saturated carbocycles. The summed E-state index contributed by atoms with van der Waals surface area (Å²) in [5.41, 5.74) is 0. The van der Waals surface area contributed by atoms with Crippen LogP contribution in [0.15, 0.2) is 0 Å². The molecule has 0 heterocycles. The maximum absolute atomic E-state index is 11.9. The number of hydrogen-bond donors (Lipinski definition) is 1. The fraction of sp³-hybridized carbons (Fsp3) is 1.00. The lowest BCUT2D eigenvalue weighted by molar-refractivity contribution is 0.314. The Bertz CT molecular complexity index is 213. The van der Waals surface area contributed by atoms with Gasteiger partial charge in [-0.3, -0.25) is 4.57 Å². The predicted octanol–water partition coefficient (Wildman–Crippen LogP) is 5.65. The van der Waals surface area contributed by atoms with Gasteiger partial charge in [-0.25, -0.2) is 0 Å². The molecule has 17 heavy (non-hydrogen) atoms. The molecule has 0 aliphatic rings. The van der Waals surface area contributed by atoms with Gasteiger partial charge in [0.15, 0.2) is 0 Å². The third kappa shape index (κ3) is 13.1. The Balaban J connectivity index is 3.55. The van der Waals surface area contributed by atoms with E-state index in [0.29, 0.717) is 18.4 Å². The number of thiol groups is 1. The Morgan fingerprint density at radius 3 is 2.18 bits per heavy atom. The highest BCUT2D eigenvalue weighted by Crippen LogP contribution is 2.64. The molecule has 0 radical (unpaired) electrons. The van der Waals surface area contributed by atoms with Crippen molar-refractivity contribution < 1.29 is 9.09 Å². The van der Waals surface area contributed by atoms with Crippen molar-refractivity contribution in [2.45, 2.75) is 53.4 Å². The summed E-state index contributed by atoms with van der Waals surface area (Å²) in [7, 11) is 0. The molecule has 0 N–H and O–H groups in total. The average Bonchev–Trinajstić information content (AvgIpc) is 2.19. The quantitative estimate of drug-likeness (QED) is 0.321. The lowest BCUT2D eigenvalue weighted by atomic mass is 10.1. The summed E-state index contributed by atoms with van der Waals surface area (Å²) in [6, 6.07) is 0. The highest BCUT2D eigenvalue weighted by atomic mass is 33.1. The van der Waals surface area contributed by atoms with Crippen LogP contribution < -0.4 is 0 Å². The van der Waals surface area contributed by atoms with E-state index in [1.54, 1.807) is 0 Å². The van der Waals surface area contributed by atoms with Crippen molar-refractivity contribution in [2.24, 2.45) is 11.8 Å². The Hall–Kier alpha value is 0.890. The van der Waals surface area contributed by atoms with Crippen molar-refractivity contribution in [3.8, 4) is 0 Å². The first kappa shape index (κ1) is 17.9. The highest BCUT2D eigenvalue weighted by molar-refractivity contribution is 8.84. The van der Waals surface area contributed by atoms with Gasteiger partial charge in [-0.05, 0) is 31.1 Å². The molecule has 1 unspecified atom stereocenters. The summed E-state index contributed by atoms with van der Waals surface area (Å²) < 4.78 is 17.3. The Morgan fingerprint density at radius 2 is 1.65 bits per heavy atom. The molecule has 0 fully saturated rings. The van der Waals surface area contributed by atoms with Gasteiger partial charge in [0.25, 0.3) is 0 Å². The summed E-state index contributed by atoms with van der Waals surface area (Å²) in [5, 5.41) is 0. The summed E-state index contributed by atoms with van der Waals surface area (Å²) in [5.74, 6) is -0.436. The lowest BCUT2D eigenvalue weighted by Crippen LogP contribution is -1.94. The zero-order valence-electron chi connectivity index (χ0n) is 11.5. The van der Waals surface area contributed by atoms with Gasteiger partial charge in [-0.15, -0.1) is 0 Å². The van der Waals surface area contributed by atoms with Gasteiger partial charge in [0, 0.05) is 5.75 Å². The zero-order chi connectivity index (χ0) is 13.3. The van der Waals surface area contributed by atoms with E-state index < -0.39 is 5.77 Å². The first-order valence-corrected chi connectivity index (χ1v) is 10.8. The first-order chi connectivity index (χ1) is 7.83. The maximum Gasteiger partial charge on any atom is 0.310 e. The van der Waals surface area contributed by atoms with E-state index in [0.717, 1.165) is 25.0 Å². The van der Waals surface area contributed by atoms with Crippen LogP contribution >= 0.6 is 29.4 Å². The molecule has 0 aromatic heterocycles. The molecule has 2 nitrogen and oxygen atoms in total. The van der Waals surface area contributed by atoms with E-state index in [9.17, 15) is 4.57 Å². The van der Waals surface area contributed by atoms with Crippen LogP contribution in [-0.2, 0) is 9.09 Å². The molecule has 0 aliphatic heterocycles. The minimum Gasteiger partial charge on any atom is -0.314 e. The van der Waals surface area contributed by atoms with Crippen LogP contribution in [0, 0.1) is 11.8 Å². The van der Waals surface area contributed by atoms with E-state index in [1.165, 1.54) is 17.8 Å². The van der Waals surface area contributed by atoms with Crippen molar-refractivity contribution in [3.05, 3.63) is 0 Å². The molecule has 0 bridgehead atoms. The van der Waals surface area contributed by atoms with Gasteiger partial charge in [0.2, 0.25) is 0 Å². The van der Waals surface area contributed by atoms with Crippen LogP contribution in [0.3, 0.4) is 0 Å². The third-order valence-electron chi connectivity index (χ3n) is 2.36. The van der Waals surface area contributed by atoms with Gasteiger partial charge >= 0.3 is 5.77 Å². The zero-order valence-corrected chi connectivity index (χ0v) is 14.1. The van der Waals surface area contributed by atoms with E-state index in [-0.39, 0.29) is 0 Å². The van der Waals surface area contributed by atoms with Crippen molar-refractivity contribution in [3.63, 3.8) is 0 Å². The third-order valence-corrected chi connectivity index (χ3v) is 6.90. The minimum absolute atomic E-state index is 0.566. The Morgan fingerprint density at radius 1 is 1.12 bits per heavy atom.